The Morgan fingerprint density at radius 2 is 1.60 bits per heavy atom. The van der Waals surface area contributed by atoms with E-state index in [-0.39, 0.29) is 22.9 Å². The van der Waals surface area contributed by atoms with E-state index in [4.69, 9.17) is 21.1 Å². The van der Waals surface area contributed by atoms with E-state index in [1.165, 1.54) is 49.5 Å². The first-order valence-corrected chi connectivity index (χ1v) is 14.2. The molecular weight excluding hydrogens is 561 g/mol. The highest BCUT2D eigenvalue weighted by molar-refractivity contribution is 7.92. The molecule has 1 N–H and O–H groups in total. The second kappa shape index (κ2) is 13.5. The minimum absolute atomic E-state index is 0.0158. The van der Waals surface area contributed by atoms with Crippen LogP contribution in [-0.4, -0.2) is 58.5 Å². The molecule has 2 amide bonds. The third kappa shape index (κ3) is 7.22. The average Bonchev–Trinajstić information content (AvgIpc) is 2.95. The number of likely N-dealkylation sites (N-methyl/N-ethyl adjacent to an activating group) is 1. The number of halogens is 2. The predicted molar refractivity (Wildman–Crippen MR) is 151 cm³/mol. The molecule has 40 heavy (non-hydrogen) atoms. The van der Waals surface area contributed by atoms with Gasteiger partial charge in [0, 0.05) is 24.2 Å². The van der Waals surface area contributed by atoms with Crippen molar-refractivity contribution in [2.45, 2.75) is 31.3 Å². The standard InChI is InChI=1S/C28H31ClFN3O6S/c1-5-31-28(35)19(2)32(17-20-6-8-21(29)9-7-20)27(34)18-33(23-12-10-22(30)11-13-23)40(36,37)24-14-15-25(38-3)26(16-24)39-4/h6-16,19H,5,17-18H2,1-4H3,(H,31,35)/t19-/m1/s1. The van der Waals surface area contributed by atoms with Gasteiger partial charge in [-0.25, -0.2) is 12.8 Å². The minimum atomic E-state index is -4.38. The molecule has 3 aromatic rings. The van der Waals surface area contributed by atoms with Crippen LogP contribution in [0.2, 0.25) is 5.02 Å². The lowest BCUT2D eigenvalue weighted by Gasteiger charge is -2.32. The van der Waals surface area contributed by atoms with Crippen LogP contribution in [0.3, 0.4) is 0 Å². The first kappa shape index (κ1) is 30.7. The number of amides is 2. The number of anilines is 1. The second-order valence-electron chi connectivity index (χ2n) is 8.72. The molecule has 9 nitrogen and oxygen atoms in total. The molecular formula is C28H31ClFN3O6S. The number of benzene rings is 3. The summed E-state index contributed by atoms with van der Waals surface area (Å²) >= 11 is 6.00. The summed E-state index contributed by atoms with van der Waals surface area (Å²) in [4.78, 5) is 27.7. The van der Waals surface area contributed by atoms with Gasteiger partial charge in [-0.1, -0.05) is 23.7 Å². The van der Waals surface area contributed by atoms with Gasteiger partial charge in [0.1, 0.15) is 18.4 Å². The van der Waals surface area contributed by atoms with E-state index in [2.05, 4.69) is 5.32 Å². The number of nitrogens with zero attached hydrogens (tertiary/aromatic N) is 2. The van der Waals surface area contributed by atoms with Gasteiger partial charge in [-0.15, -0.1) is 0 Å². The highest BCUT2D eigenvalue weighted by Crippen LogP contribution is 2.32. The van der Waals surface area contributed by atoms with Gasteiger partial charge >= 0.3 is 0 Å². The highest BCUT2D eigenvalue weighted by atomic mass is 35.5. The molecule has 0 aliphatic carbocycles. The van der Waals surface area contributed by atoms with Crippen LogP contribution in [0.4, 0.5) is 10.1 Å². The fraction of sp³-hybridized carbons (Fsp3) is 0.286. The Bertz CT molecular complexity index is 1440. The molecule has 0 radical (unpaired) electrons. The Labute approximate surface area is 238 Å². The smallest absolute Gasteiger partial charge is 0.264 e. The van der Waals surface area contributed by atoms with Crippen LogP contribution in [0.5, 0.6) is 11.5 Å². The quantitative estimate of drug-likeness (QED) is 0.338. The van der Waals surface area contributed by atoms with Crippen LogP contribution in [0.15, 0.2) is 71.6 Å². The van der Waals surface area contributed by atoms with Crippen molar-refractivity contribution in [3.63, 3.8) is 0 Å². The maximum atomic E-state index is 13.9. The summed E-state index contributed by atoms with van der Waals surface area (Å²) in [6.07, 6.45) is 0. The maximum Gasteiger partial charge on any atom is 0.264 e. The van der Waals surface area contributed by atoms with E-state index < -0.39 is 40.2 Å². The molecule has 0 saturated carbocycles. The summed E-state index contributed by atoms with van der Waals surface area (Å²) in [5.41, 5.74) is 0.742. The Kier molecular flexibility index (Phi) is 10.4. The van der Waals surface area contributed by atoms with Gasteiger partial charge in [0.2, 0.25) is 11.8 Å². The zero-order valence-electron chi connectivity index (χ0n) is 22.6. The van der Waals surface area contributed by atoms with Crippen molar-refractivity contribution in [2.75, 3.05) is 31.6 Å². The molecule has 1 atom stereocenters. The SMILES string of the molecule is CCNC(=O)[C@@H](C)N(Cc1ccc(Cl)cc1)C(=O)CN(c1ccc(F)cc1)S(=O)(=O)c1ccc(OC)c(OC)c1. The molecule has 3 aromatic carbocycles. The molecule has 0 aliphatic rings. The molecule has 0 heterocycles. The molecule has 12 heteroatoms. The van der Waals surface area contributed by atoms with E-state index in [0.717, 1.165) is 16.4 Å². The number of nitrogens with one attached hydrogen (secondary N) is 1. The van der Waals surface area contributed by atoms with E-state index >= 15 is 0 Å². The van der Waals surface area contributed by atoms with Crippen LogP contribution >= 0.6 is 11.6 Å². The summed E-state index contributed by atoms with van der Waals surface area (Å²) < 4.78 is 52.9. The van der Waals surface area contributed by atoms with Gasteiger partial charge in [-0.3, -0.25) is 13.9 Å². The lowest BCUT2D eigenvalue weighted by atomic mass is 10.1. The summed E-state index contributed by atoms with van der Waals surface area (Å²) in [7, 11) is -1.59. The molecule has 0 aromatic heterocycles. The predicted octanol–water partition coefficient (Wildman–Crippen LogP) is 4.25. The molecule has 214 valence electrons. The largest absolute Gasteiger partial charge is 0.493 e. The Morgan fingerprint density at radius 1 is 0.975 bits per heavy atom. The van der Waals surface area contributed by atoms with E-state index in [1.807, 2.05) is 0 Å². The van der Waals surface area contributed by atoms with Crippen molar-refractivity contribution < 1.29 is 31.9 Å². The van der Waals surface area contributed by atoms with Crippen LogP contribution < -0.4 is 19.1 Å². The van der Waals surface area contributed by atoms with Crippen molar-refractivity contribution in [3.05, 3.63) is 83.1 Å². The average molecular weight is 592 g/mol. The number of sulfonamides is 1. The van der Waals surface area contributed by atoms with Gasteiger partial charge in [0.25, 0.3) is 10.0 Å². The molecule has 0 unspecified atom stereocenters. The van der Waals surface area contributed by atoms with Gasteiger partial charge in [0.05, 0.1) is 24.8 Å². The summed E-state index contributed by atoms with van der Waals surface area (Å²) in [5.74, 6) is -1.14. The normalized spacial score (nSPS) is 11.8. The van der Waals surface area contributed by atoms with Crippen molar-refractivity contribution >= 4 is 39.1 Å². The van der Waals surface area contributed by atoms with E-state index in [9.17, 15) is 22.4 Å². The monoisotopic (exact) mass is 591 g/mol. The number of hydrogen-bond donors (Lipinski definition) is 1. The topological polar surface area (TPSA) is 105 Å². The number of carbonyl (C=O) groups is 2. The van der Waals surface area contributed by atoms with Gasteiger partial charge < -0.3 is 19.7 Å². The molecule has 0 spiro atoms. The van der Waals surface area contributed by atoms with Crippen molar-refractivity contribution in [1.82, 2.24) is 10.2 Å². The minimum Gasteiger partial charge on any atom is -0.493 e. The highest BCUT2D eigenvalue weighted by Gasteiger charge is 2.33. The Morgan fingerprint density at radius 3 is 2.17 bits per heavy atom. The second-order valence-corrected chi connectivity index (χ2v) is 11.0. The van der Waals surface area contributed by atoms with Crippen LogP contribution in [0.25, 0.3) is 0 Å². The van der Waals surface area contributed by atoms with Crippen molar-refractivity contribution in [2.24, 2.45) is 0 Å². The van der Waals surface area contributed by atoms with E-state index in [1.54, 1.807) is 38.1 Å². The van der Waals surface area contributed by atoms with Crippen molar-refractivity contribution in [1.29, 1.82) is 0 Å². The lowest BCUT2D eigenvalue weighted by Crippen LogP contribution is -2.51. The number of methoxy groups -OCH3 is 2. The molecule has 0 fully saturated rings. The number of carbonyl (C=O) groups excluding carboxylic acids is 2. The molecule has 3 rings (SSSR count). The first-order chi connectivity index (χ1) is 19.0. The Balaban J connectivity index is 2.06. The number of rotatable bonds is 12. The van der Waals surface area contributed by atoms with Crippen LogP contribution in [0, 0.1) is 5.82 Å². The Hall–Kier alpha value is -3.83. The summed E-state index contributed by atoms with van der Waals surface area (Å²) in [6.45, 7) is 3.01. The number of hydrogen-bond acceptors (Lipinski definition) is 6. The fourth-order valence-corrected chi connectivity index (χ4v) is 5.49. The lowest BCUT2D eigenvalue weighted by molar-refractivity contribution is -0.139. The number of ether oxygens (including phenoxy) is 2. The zero-order chi connectivity index (χ0) is 29.4. The zero-order valence-corrected chi connectivity index (χ0v) is 24.1. The first-order valence-electron chi connectivity index (χ1n) is 12.3. The van der Waals surface area contributed by atoms with E-state index in [0.29, 0.717) is 22.9 Å². The summed E-state index contributed by atoms with van der Waals surface area (Å²) in [5, 5.41) is 3.19. The molecule has 0 bridgehead atoms. The van der Waals surface area contributed by atoms with Gasteiger partial charge in [-0.05, 0) is 67.9 Å². The third-order valence-electron chi connectivity index (χ3n) is 6.12. The molecule has 0 aliphatic heterocycles. The maximum absolute atomic E-state index is 13.9. The third-order valence-corrected chi connectivity index (χ3v) is 8.14. The fourth-order valence-electron chi connectivity index (χ4n) is 3.93. The summed E-state index contributed by atoms with van der Waals surface area (Å²) in [6, 6.07) is 14.6. The molecule has 0 saturated heterocycles. The van der Waals surface area contributed by atoms with Crippen LogP contribution in [-0.2, 0) is 26.2 Å². The van der Waals surface area contributed by atoms with Crippen molar-refractivity contribution in [3.8, 4) is 11.5 Å². The van der Waals surface area contributed by atoms with Crippen LogP contribution in [0.1, 0.15) is 19.4 Å². The van der Waals surface area contributed by atoms with Gasteiger partial charge in [0.15, 0.2) is 11.5 Å². The van der Waals surface area contributed by atoms with Gasteiger partial charge in [-0.2, -0.15) is 0 Å².